The molecule has 27 heavy (non-hydrogen) atoms. The minimum Gasteiger partial charge on any atom is -0.475 e. The Morgan fingerprint density at radius 1 is 1.33 bits per heavy atom. The summed E-state index contributed by atoms with van der Waals surface area (Å²) < 4.78 is 9.90. The maximum atomic E-state index is 12.5. The Morgan fingerprint density at radius 3 is 2.70 bits per heavy atom. The summed E-state index contributed by atoms with van der Waals surface area (Å²) in [6, 6.07) is -0.382. The Balaban J connectivity index is 2.66. The number of carbonyl (C=O) groups excluding carboxylic acids is 2. The second kappa shape index (κ2) is 13.1. The van der Waals surface area contributed by atoms with Gasteiger partial charge in [0.1, 0.15) is 0 Å². The Hall–Kier alpha value is -2.08. The Kier molecular flexibility index (Phi) is 11.2. The SMILES string of the molecule is CC/C=C(\C=CC/C=C/OCOC)C(CCC)NC(=O)N1C[C@H](CC)C1=O. The van der Waals surface area contributed by atoms with Gasteiger partial charge in [-0.25, -0.2) is 4.79 Å². The van der Waals surface area contributed by atoms with E-state index in [0.29, 0.717) is 6.54 Å². The number of amides is 3. The molecule has 0 saturated carbocycles. The number of allylic oxidation sites excluding steroid dienone is 3. The van der Waals surface area contributed by atoms with Crippen molar-refractivity contribution in [3.8, 4) is 0 Å². The molecule has 0 spiro atoms. The number of likely N-dealkylation sites (tertiary alicyclic amines) is 1. The lowest BCUT2D eigenvalue weighted by molar-refractivity contribution is -0.143. The van der Waals surface area contributed by atoms with E-state index in [1.165, 1.54) is 4.90 Å². The Bertz CT molecular complexity index is 554. The molecule has 0 aromatic rings. The number of imide groups is 1. The maximum absolute atomic E-state index is 12.5. The van der Waals surface area contributed by atoms with E-state index in [1.54, 1.807) is 13.4 Å². The summed E-state index contributed by atoms with van der Waals surface area (Å²) in [4.78, 5) is 25.8. The summed E-state index contributed by atoms with van der Waals surface area (Å²) in [6.45, 7) is 6.89. The lowest BCUT2D eigenvalue weighted by Gasteiger charge is -2.37. The first-order chi connectivity index (χ1) is 13.1. The standard InChI is InChI=1S/C21H34N2O4/c1-5-11-18(13-9-8-10-14-27-16-26-4)19(12-6-2)22-21(25)23-15-17(7-3)20(23)24/h9-11,13-14,17,19H,5-8,12,15-16H2,1-4H3,(H,22,25)/b13-9?,14-10+,18-11+/t17-,19?/m0/s1. The quantitative estimate of drug-likeness (QED) is 0.182. The summed E-state index contributed by atoms with van der Waals surface area (Å²) in [5.41, 5.74) is 1.07. The van der Waals surface area contributed by atoms with Gasteiger partial charge < -0.3 is 14.8 Å². The highest BCUT2D eigenvalue weighted by molar-refractivity contribution is 6.00. The molecule has 0 radical (unpaired) electrons. The van der Waals surface area contributed by atoms with Crippen molar-refractivity contribution < 1.29 is 19.1 Å². The molecule has 6 heteroatoms. The first-order valence-electron chi connectivity index (χ1n) is 9.82. The number of rotatable bonds is 12. The van der Waals surface area contributed by atoms with Crippen molar-refractivity contribution in [2.75, 3.05) is 20.4 Å². The number of ether oxygens (including phenoxy) is 2. The molecule has 152 valence electrons. The van der Waals surface area contributed by atoms with Crippen LogP contribution in [0, 0.1) is 5.92 Å². The van der Waals surface area contributed by atoms with E-state index < -0.39 is 0 Å². The van der Waals surface area contributed by atoms with E-state index >= 15 is 0 Å². The fourth-order valence-corrected chi connectivity index (χ4v) is 2.90. The number of nitrogens with one attached hydrogen (secondary N) is 1. The van der Waals surface area contributed by atoms with Crippen molar-refractivity contribution >= 4 is 11.9 Å². The molecule has 1 aliphatic heterocycles. The van der Waals surface area contributed by atoms with E-state index in [0.717, 1.165) is 37.7 Å². The molecular formula is C21H34N2O4. The summed E-state index contributed by atoms with van der Waals surface area (Å²) in [5.74, 6) is -0.0685. The lowest BCUT2D eigenvalue weighted by atomic mass is 9.96. The van der Waals surface area contributed by atoms with Crippen molar-refractivity contribution in [2.24, 2.45) is 5.92 Å². The maximum Gasteiger partial charge on any atom is 0.324 e. The Morgan fingerprint density at radius 2 is 2.11 bits per heavy atom. The molecule has 0 aliphatic carbocycles. The van der Waals surface area contributed by atoms with E-state index in [-0.39, 0.29) is 30.7 Å². The van der Waals surface area contributed by atoms with Gasteiger partial charge >= 0.3 is 6.03 Å². The highest BCUT2D eigenvalue weighted by Crippen LogP contribution is 2.21. The third kappa shape index (κ3) is 7.59. The predicted octanol–water partition coefficient (Wildman–Crippen LogP) is 4.15. The van der Waals surface area contributed by atoms with Gasteiger partial charge in [-0.05, 0) is 37.3 Å². The van der Waals surface area contributed by atoms with Crippen molar-refractivity contribution in [3.63, 3.8) is 0 Å². The first-order valence-corrected chi connectivity index (χ1v) is 9.82. The normalized spacial score (nSPS) is 18.8. The van der Waals surface area contributed by atoms with Crippen LogP contribution in [0.3, 0.4) is 0 Å². The van der Waals surface area contributed by atoms with Gasteiger partial charge in [0, 0.05) is 13.7 Å². The summed E-state index contributed by atoms with van der Waals surface area (Å²) in [5, 5.41) is 3.04. The van der Waals surface area contributed by atoms with Crippen LogP contribution in [0.1, 0.15) is 52.9 Å². The zero-order chi connectivity index (χ0) is 20.1. The molecule has 1 rings (SSSR count). The van der Waals surface area contributed by atoms with Crippen LogP contribution in [0.25, 0.3) is 0 Å². The number of carbonyl (C=O) groups is 2. The van der Waals surface area contributed by atoms with Gasteiger partial charge in [-0.3, -0.25) is 9.69 Å². The third-order valence-electron chi connectivity index (χ3n) is 4.43. The second-order valence-electron chi connectivity index (χ2n) is 6.54. The van der Waals surface area contributed by atoms with Crippen molar-refractivity contribution in [1.82, 2.24) is 10.2 Å². The molecule has 0 aromatic heterocycles. The molecule has 2 atom stereocenters. The van der Waals surface area contributed by atoms with E-state index in [4.69, 9.17) is 9.47 Å². The molecule has 1 N–H and O–H groups in total. The van der Waals surface area contributed by atoms with Gasteiger partial charge in [-0.15, -0.1) is 0 Å². The highest BCUT2D eigenvalue weighted by Gasteiger charge is 2.39. The molecule has 1 fully saturated rings. The van der Waals surface area contributed by atoms with Crippen LogP contribution >= 0.6 is 0 Å². The van der Waals surface area contributed by atoms with E-state index in [9.17, 15) is 9.59 Å². The third-order valence-corrected chi connectivity index (χ3v) is 4.43. The van der Waals surface area contributed by atoms with Crippen molar-refractivity contribution in [1.29, 1.82) is 0 Å². The number of hydrogen-bond acceptors (Lipinski definition) is 4. The zero-order valence-electron chi connectivity index (χ0n) is 17.1. The molecule has 0 bridgehead atoms. The van der Waals surface area contributed by atoms with Crippen molar-refractivity contribution in [2.45, 2.75) is 58.9 Å². The van der Waals surface area contributed by atoms with Crippen LogP contribution < -0.4 is 5.32 Å². The molecule has 1 saturated heterocycles. The fourth-order valence-electron chi connectivity index (χ4n) is 2.90. The van der Waals surface area contributed by atoms with Gasteiger partial charge in [-0.2, -0.15) is 0 Å². The van der Waals surface area contributed by atoms with Gasteiger partial charge in [0.15, 0.2) is 6.79 Å². The molecule has 1 aliphatic rings. The largest absolute Gasteiger partial charge is 0.475 e. The Labute approximate surface area is 163 Å². The number of β-lactam (4-membered cyclic amide) rings is 1. The summed E-state index contributed by atoms with van der Waals surface area (Å²) in [6.07, 6.45) is 13.9. The second-order valence-corrected chi connectivity index (χ2v) is 6.54. The van der Waals surface area contributed by atoms with E-state index in [2.05, 4.69) is 25.2 Å². The topological polar surface area (TPSA) is 67.9 Å². The zero-order valence-corrected chi connectivity index (χ0v) is 17.1. The van der Waals surface area contributed by atoms with Crippen molar-refractivity contribution in [3.05, 3.63) is 36.1 Å². The number of methoxy groups -OCH3 is 1. The average Bonchev–Trinajstić information content (AvgIpc) is 2.65. The minimum atomic E-state index is -0.286. The number of nitrogens with zero attached hydrogens (tertiary/aromatic N) is 1. The van der Waals surface area contributed by atoms with Crippen LogP contribution in [-0.2, 0) is 14.3 Å². The average molecular weight is 379 g/mol. The summed E-state index contributed by atoms with van der Waals surface area (Å²) in [7, 11) is 1.58. The van der Waals surface area contributed by atoms with Crippen LogP contribution in [0.2, 0.25) is 0 Å². The van der Waals surface area contributed by atoms with E-state index in [1.807, 2.05) is 25.2 Å². The molecule has 3 amide bonds. The first kappa shape index (κ1) is 23.0. The van der Waals surface area contributed by atoms with Crippen LogP contribution in [0.4, 0.5) is 4.79 Å². The van der Waals surface area contributed by atoms with Gasteiger partial charge in [-0.1, -0.05) is 45.4 Å². The fraction of sp³-hybridized carbons (Fsp3) is 0.619. The number of urea groups is 1. The number of hydrogen-bond donors (Lipinski definition) is 1. The van der Waals surface area contributed by atoms with Gasteiger partial charge in [0.25, 0.3) is 0 Å². The molecular weight excluding hydrogens is 344 g/mol. The van der Waals surface area contributed by atoms with Crippen LogP contribution in [0.15, 0.2) is 36.1 Å². The van der Waals surface area contributed by atoms with Crippen LogP contribution in [0.5, 0.6) is 0 Å². The molecule has 1 heterocycles. The summed E-state index contributed by atoms with van der Waals surface area (Å²) >= 11 is 0. The minimum absolute atomic E-state index is 0.00182. The highest BCUT2D eigenvalue weighted by atomic mass is 16.7. The molecule has 0 aromatic carbocycles. The lowest BCUT2D eigenvalue weighted by Crippen LogP contribution is -2.59. The van der Waals surface area contributed by atoms with Gasteiger partial charge in [0.2, 0.25) is 5.91 Å². The van der Waals surface area contributed by atoms with Gasteiger partial charge in [0.05, 0.1) is 18.2 Å². The molecule has 1 unspecified atom stereocenters. The predicted molar refractivity (Wildman–Crippen MR) is 107 cm³/mol. The monoisotopic (exact) mass is 378 g/mol. The molecule has 6 nitrogen and oxygen atoms in total. The smallest absolute Gasteiger partial charge is 0.324 e. The van der Waals surface area contributed by atoms with Crippen LogP contribution in [-0.4, -0.2) is 43.3 Å².